The highest BCUT2D eigenvalue weighted by Crippen LogP contribution is 2.20. The predicted molar refractivity (Wildman–Crippen MR) is 68.8 cm³/mol. The van der Waals surface area contributed by atoms with Crippen molar-refractivity contribution in [2.45, 2.75) is 43.9 Å². The highest BCUT2D eigenvalue weighted by Gasteiger charge is 2.45. The molecule has 5 N–H and O–H groups in total. The fraction of sp³-hybridized carbons (Fsp3) is 0.818. The molecule has 8 nitrogen and oxygen atoms in total. The van der Waals surface area contributed by atoms with Crippen molar-refractivity contribution < 1.29 is 29.6 Å². The zero-order valence-corrected chi connectivity index (χ0v) is 11.7. The molecule has 1 fully saturated rings. The standard InChI is InChI=1S/C11H19ClN2O6/c1-5(16)13-8-10(19)9(18)6(4-15)20-11(8)14-7(17)2-3-12/h6,8-11,15,18-19H,2-4H2,1H3,(H,13,16)(H,14,17)/t6-,8+,9-,10-,11-/m1/s1. The third-order valence-electron chi connectivity index (χ3n) is 2.92. The van der Waals surface area contributed by atoms with Crippen LogP contribution in [0.15, 0.2) is 0 Å². The largest absolute Gasteiger partial charge is 0.394 e. The average molecular weight is 311 g/mol. The van der Waals surface area contributed by atoms with Crippen molar-refractivity contribution >= 4 is 23.4 Å². The van der Waals surface area contributed by atoms with Crippen LogP contribution in [0, 0.1) is 0 Å². The molecule has 2 amide bonds. The molecule has 1 aliphatic rings. The van der Waals surface area contributed by atoms with E-state index in [4.69, 9.17) is 21.4 Å². The lowest BCUT2D eigenvalue weighted by molar-refractivity contribution is -0.203. The quantitative estimate of drug-likeness (QED) is 0.363. The van der Waals surface area contributed by atoms with Gasteiger partial charge in [0.05, 0.1) is 6.61 Å². The molecule has 0 aromatic carbocycles. The van der Waals surface area contributed by atoms with Gasteiger partial charge >= 0.3 is 0 Å². The van der Waals surface area contributed by atoms with E-state index < -0.39 is 49.0 Å². The van der Waals surface area contributed by atoms with E-state index in [0.717, 1.165) is 0 Å². The Balaban J connectivity index is 2.83. The Kier molecular flexibility index (Phi) is 6.63. The topological polar surface area (TPSA) is 128 Å². The van der Waals surface area contributed by atoms with Crippen LogP contribution < -0.4 is 10.6 Å². The number of aliphatic hydroxyl groups excluding tert-OH is 3. The Morgan fingerprint density at radius 2 is 1.90 bits per heavy atom. The van der Waals surface area contributed by atoms with E-state index in [1.165, 1.54) is 6.92 Å². The number of nitrogens with one attached hydrogen (secondary N) is 2. The molecular weight excluding hydrogens is 292 g/mol. The summed E-state index contributed by atoms with van der Waals surface area (Å²) in [6, 6.07) is -1.02. The summed E-state index contributed by atoms with van der Waals surface area (Å²) >= 11 is 5.44. The van der Waals surface area contributed by atoms with E-state index >= 15 is 0 Å². The van der Waals surface area contributed by atoms with Crippen molar-refractivity contribution in [2.24, 2.45) is 0 Å². The second-order valence-electron chi connectivity index (χ2n) is 4.49. The van der Waals surface area contributed by atoms with Gasteiger partial charge in [-0.1, -0.05) is 0 Å². The average Bonchev–Trinajstić information content (AvgIpc) is 2.38. The van der Waals surface area contributed by atoms with Crippen LogP contribution in [0.2, 0.25) is 0 Å². The monoisotopic (exact) mass is 310 g/mol. The zero-order valence-electron chi connectivity index (χ0n) is 11.0. The Morgan fingerprint density at radius 3 is 2.40 bits per heavy atom. The fourth-order valence-corrected chi connectivity index (χ4v) is 2.12. The lowest BCUT2D eigenvalue weighted by Crippen LogP contribution is -2.68. The van der Waals surface area contributed by atoms with Gasteiger partial charge in [0.2, 0.25) is 11.8 Å². The van der Waals surface area contributed by atoms with E-state index in [-0.39, 0.29) is 12.3 Å². The van der Waals surface area contributed by atoms with Crippen LogP contribution in [0.1, 0.15) is 13.3 Å². The molecule has 0 radical (unpaired) electrons. The number of amides is 2. The smallest absolute Gasteiger partial charge is 0.223 e. The third-order valence-corrected chi connectivity index (χ3v) is 3.11. The first kappa shape index (κ1) is 17.1. The molecule has 5 atom stereocenters. The number of aliphatic hydroxyl groups is 3. The molecule has 116 valence electrons. The Bertz CT molecular complexity index is 356. The van der Waals surface area contributed by atoms with Gasteiger partial charge in [0.1, 0.15) is 24.4 Å². The van der Waals surface area contributed by atoms with Crippen LogP contribution in [0.5, 0.6) is 0 Å². The molecular formula is C11H19ClN2O6. The van der Waals surface area contributed by atoms with Gasteiger partial charge in [0, 0.05) is 19.2 Å². The van der Waals surface area contributed by atoms with Gasteiger partial charge < -0.3 is 30.7 Å². The molecule has 0 saturated carbocycles. The first-order chi connectivity index (χ1) is 9.40. The van der Waals surface area contributed by atoms with Crippen molar-refractivity contribution in [3.8, 4) is 0 Å². The molecule has 0 bridgehead atoms. The molecule has 1 saturated heterocycles. The summed E-state index contributed by atoms with van der Waals surface area (Å²) in [5.41, 5.74) is 0. The van der Waals surface area contributed by atoms with Gasteiger partial charge in [-0.3, -0.25) is 9.59 Å². The van der Waals surface area contributed by atoms with E-state index in [0.29, 0.717) is 0 Å². The molecule has 9 heteroatoms. The molecule has 0 aromatic heterocycles. The molecule has 0 unspecified atom stereocenters. The lowest BCUT2D eigenvalue weighted by Gasteiger charge is -2.42. The molecule has 20 heavy (non-hydrogen) atoms. The van der Waals surface area contributed by atoms with Crippen LogP contribution in [0.3, 0.4) is 0 Å². The normalized spacial score (nSPS) is 33.5. The Hall–Kier alpha value is -0.930. The van der Waals surface area contributed by atoms with Gasteiger partial charge in [-0.15, -0.1) is 11.6 Å². The number of hydrogen-bond donors (Lipinski definition) is 5. The number of ether oxygens (including phenoxy) is 1. The number of halogens is 1. The molecule has 1 aliphatic heterocycles. The first-order valence-corrected chi connectivity index (χ1v) is 6.69. The maximum Gasteiger partial charge on any atom is 0.223 e. The van der Waals surface area contributed by atoms with Crippen molar-refractivity contribution in [1.82, 2.24) is 10.6 Å². The van der Waals surface area contributed by atoms with Gasteiger partial charge in [-0.25, -0.2) is 0 Å². The fourth-order valence-electron chi connectivity index (χ4n) is 1.95. The number of rotatable bonds is 5. The van der Waals surface area contributed by atoms with Crippen LogP contribution >= 0.6 is 11.6 Å². The zero-order chi connectivity index (χ0) is 15.3. The summed E-state index contributed by atoms with van der Waals surface area (Å²) in [6.07, 6.45) is -4.85. The summed E-state index contributed by atoms with van der Waals surface area (Å²) < 4.78 is 5.30. The van der Waals surface area contributed by atoms with Crippen LogP contribution in [-0.2, 0) is 14.3 Å². The molecule has 0 aromatic rings. The molecule has 0 spiro atoms. The Labute approximate surface area is 121 Å². The van der Waals surface area contributed by atoms with Crippen molar-refractivity contribution in [3.63, 3.8) is 0 Å². The van der Waals surface area contributed by atoms with Gasteiger partial charge in [0.25, 0.3) is 0 Å². The number of carbonyl (C=O) groups is 2. The minimum atomic E-state index is -1.38. The van der Waals surface area contributed by atoms with Crippen LogP contribution in [0.4, 0.5) is 0 Å². The van der Waals surface area contributed by atoms with Gasteiger partial charge in [0.15, 0.2) is 6.23 Å². The molecule has 1 rings (SSSR count). The SMILES string of the molecule is CC(=O)N[C@H]1[C@@H](O)[C@H](O)[C@@H](CO)O[C@H]1NC(=O)CCCl. The van der Waals surface area contributed by atoms with E-state index in [9.17, 15) is 19.8 Å². The minimum Gasteiger partial charge on any atom is -0.394 e. The number of carbonyl (C=O) groups excluding carboxylic acids is 2. The summed E-state index contributed by atoms with van der Waals surface area (Å²) in [5.74, 6) is -0.776. The van der Waals surface area contributed by atoms with Gasteiger partial charge in [-0.2, -0.15) is 0 Å². The maximum absolute atomic E-state index is 11.5. The second-order valence-corrected chi connectivity index (χ2v) is 4.87. The van der Waals surface area contributed by atoms with Crippen molar-refractivity contribution in [2.75, 3.05) is 12.5 Å². The first-order valence-electron chi connectivity index (χ1n) is 6.15. The van der Waals surface area contributed by atoms with E-state index in [1.54, 1.807) is 0 Å². The van der Waals surface area contributed by atoms with E-state index in [1.807, 2.05) is 0 Å². The van der Waals surface area contributed by atoms with Crippen molar-refractivity contribution in [3.05, 3.63) is 0 Å². The number of hydrogen-bond acceptors (Lipinski definition) is 6. The maximum atomic E-state index is 11.5. The minimum absolute atomic E-state index is 0.0383. The van der Waals surface area contributed by atoms with Crippen molar-refractivity contribution in [1.29, 1.82) is 0 Å². The third kappa shape index (κ3) is 4.29. The van der Waals surface area contributed by atoms with Crippen LogP contribution in [-0.4, -0.2) is 70.2 Å². The summed E-state index contributed by atoms with van der Waals surface area (Å²) in [7, 11) is 0. The summed E-state index contributed by atoms with van der Waals surface area (Å²) in [4.78, 5) is 22.7. The predicted octanol–water partition coefficient (Wildman–Crippen LogP) is -2.32. The molecule has 1 heterocycles. The summed E-state index contributed by atoms with van der Waals surface area (Å²) in [6.45, 7) is 0.696. The highest BCUT2D eigenvalue weighted by molar-refractivity contribution is 6.18. The lowest BCUT2D eigenvalue weighted by atomic mass is 9.96. The highest BCUT2D eigenvalue weighted by atomic mass is 35.5. The van der Waals surface area contributed by atoms with Gasteiger partial charge in [-0.05, 0) is 0 Å². The van der Waals surface area contributed by atoms with Crippen LogP contribution in [0.25, 0.3) is 0 Å². The second kappa shape index (κ2) is 7.75. The summed E-state index contributed by atoms with van der Waals surface area (Å²) in [5, 5.41) is 33.7. The number of alkyl halides is 1. The van der Waals surface area contributed by atoms with E-state index in [2.05, 4.69) is 10.6 Å². The Morgan fingerprint density at radius 1 is 1.25 bits per heavy atom. The molecule has 0 aliphatic carbocycles.